The fraction of sp³-hybridized carbons (Fsp3) is 0.308. The van der Waals surface area contributed by atoms with E-state index in [-0.39, 0.29) is 0 Å². The van der Waals surface area contributed by atoms with Gasteiger partial charge in [0.2, 0.25) is 0 Å². The predicted molar refractivity (Wildman–Crippen MR) is 66.7 cm³/mol. The second kappa shape index (κ2) is 5.70. The van der Waals surface area contributed by atoms with Crippen LogP contribution in [0.25, 0.3) is 11.1 Å². The van der Waals surface area contributed by atoms with Gasteiger partial charge in [-0.15, -0.1) is 0 Å². The van der Waals surface area contributed by atoms with E-state index in [0.717, 1.165) is 5.52 Å². The summed E-state index contributed by atoms with van der Waals surface area (Å²) in [5, 5.41) is 17.3. The number of anilines is 1. The lowest BCUT2D eigenvalue weighted by Gasteiger charge is -2.17. The van der Waals surface area contributed by atoms with Crippen molar-refractivity contribution >= 4 is 17.1 Å². The highest BCUT2D eigenvalue weighted by Crippen LogP contribution is 2.21. The van der Waals surface area contributed by atoms with Crippen molar-refractivity contribution in [3.05, 3.63) is 24.3 Å². The fourth-order valence-electron chi connectivity index (χ4n) is 1.67. The number of aromatic nitrogens is 1. The molecule has 0 unspecified atom stereocenters. The van der Waals surface area contributed by atoms with Gasteiger partial charge in [0.1, 0.15) is 5.52 Å². The Bertz CT molecular complexity index is 554. The van der Waals surface area contributed by atoms with E-state index in [0.29, 0.717) is 37.5 Å². The van der Waals surface area contributed by atoms with E-state index in [4.69, 9.17) is 14.9 Å². The van der Waals surface area contributed by atoms with Crippen molar-refractivity contribution < 1.29 is 4.42 Å². The fourth-order valence-corrected chi connectivity index (χ4v) is 1.67. The average Bonchev–Trinajstić information content (AvgIpc) is 2.82. The summed E-state index contributed by atoms with van der Waals surface area (Å²) in [6, 6.07) is 12.1. The molecular weight excluding hydrogens is 228 g/mol. The van der Waals surface area contributed by atoms with Crippen molar-refractivity contribution in [2.45, 2.75) is 12.8 Å². The summed E-state index contributed by atoms with van der Waals surface area (Å²) >= 11 is 0. The number of fused-ring (bicyclic) bond motifs is 1. The molecule has 0 fully saturated rings. The van der Waals surface area contributed by atoms with Gasteiger partial charge in [0, 0.05) is 13.1 Å². The minimum atomic E-state index is 0.379. The summed E-state index contributed by atoms with van der Waals surface area (Å²) in [6.07, 6.45) is 0.758. The second-order valence-corrected chi connectivity index (χ2v) is 3.77. The van der Waals surface area contributed by atoms with E-state index in [1.807, 2.05) is 29.2 Å². The van der Waals surface area contributed by atoms with Crippen LogP contribution in [0.5, 0.6) is 0 Å². The number of oxazole rings is 1. The number of para-hydroxylation sites is 2. The lowest BCUT2D eigenvalue weighted by atomic mass is 10.3. The molecule has 1 heterocycles. The SMILES string of the molecule is N#CCCN(CCC#N)c1nc2ccccc2o1. The molecule has 0 aliphatic heterocycles. The van der Waals surface area contributed by atoms with Crippen LogP contribution >= 0.6 is 0 Å². The summed E-state index contributed by atoms with van der Waals surface area (Å²) < 4.78 is 5.62. The third kappa shape index (κ3) is 2.58. The van der Waals surface area contributed by atoms with E-state index in [1.165, 1.54) is 0 Å². The molecule has 5 heteroatoms. The Morgan fingerprint density at radius 3 is 2.39 bits per heavy atom. The molecule has 0 aliphatic carbocycles. The van der Waals surface area contributed by atoms with Crippen molar-refractivity contribution in [2.75, 3.05) is 18.0 Å². The Labute approximate surface area is 105 Å². The third-order valence-corrected chi connectivity index (χ3v) is 2.54. The normalized spacial score (nSPS) is 9.89. The molecule has 5 nitrogen and oxygen atoms in total. The highest BCUT2D eigenvalue weighted by Gasteiger charge is 2.13. The first-order valence-electron chi connectivity index (χ1n) is 5.69. The van der Waals surface area contributed by atoms with Gasteiger partial charge in [-0.05, 0) is 12.1 Å². The van der Waals surface area contributed by atoms with E-state index in [1.54, 1.807) is 0 Å². The van der Waals surface area contributed by atoms with Crippen LogP contribution in [0, 0.1) is 22.7 Å². The summed E-state index contributed by atoms with van der Waals surface area (Å²) in [7, 11) is 0. The highest BCUT2D eigenvalue weighted by atomic mass is 16.4. The minimum Gasteiger partial charge on any atom is -0.423 e. The zero-order valence-electron chi connectivity index (χ0n) is 9.83. The van der Waals surface area contributed by atoms with Gasteiger partial charge < -0.3 is 9.32 Å². The molecule has 0 atom stereocenters. The molecule has 1 aromatic carbocycles. The quantitative estimate of drug-likeness (QED) is 0.802. The number of nitrogens with zero attached hydrogens (tertiary/aromatic N) is 4. The molecule has 18 heavy (non-hydrogen) atoms. The van der Waals surface area contributed by atoms with Crippen LogP contribution in [0.2, 0.25) is 0 Å². The number of hydrogen-bond donors (Lipinski definition) is 0. The molecule has 0 saturated carbocycles. The molecule has 1 aromatic heterocycles. The Kier molecular flexibility index (Phi) is 3.78. The van der Waals surface area contributed by atoms with E-state index in [9.17, 15) is 0 Å². The van der Waals surface area contributed by atoms with Gasteiger partial charge >= 0.3 is 0 Å². The number of nitriles is 2. The first kappa shape index (κ1) is 11.9. The number of hydrogen-bond acceptors (Lipinski definition) is 5. The maximum atomic E-state index is 8.63. The Morgan fingerprint density at radius 2 is 1.78 bits per heavy atom. The molecule has 0 amide bonds. The van der Waals surface area contributed by atoms with Crippen LogP contribution in [0.15, 0.2) is 28.7 Å². The first-order chi connectivity index (χ1) is 8.85. The van der Waals surface area contributed by atoms with Crippen molar-refractivity contribution in [1.29, 1.82) is 10.5 Å². The van der Waals surface area contributed by atoms with Gasteiger partial charge in [0.15, 0.2) is 5.58 Å². The molecule has 2 aromatic rings. The van der Waals surface area contributed by atoms with Crippen LogP contribution in [0.4, 0.5) is 6.01 Å². The molecule has 0 bridgehead atoms. The molecule has 0 N–H and O–H groups in total. The van der Waals surface area contributed by atoms with Crippen molar-refractivity contribution in [3.63, 3.8) is 0 Å². The maximum absolute atomic E-state index is 8.63. The molecule has 2 rings (SSSR count). The van der Waals surface area contributed by atoms with Crippen LogP contribution in [-0.4, -0.2) is 18.1 Å². The minimum absolute atomic E-state index is 0.379. The Hall–Kier alpha value is -2.53. The largest absolute Gasteiger partial charge is 0.423 e. The van der Waals surface area contributed by atoms with Gasteiger partial charge in [-0.1, -0.05) is 12.1 Å². The van der Waals surface area contributed by atoms with Gasteiger partial charge in [0.25, 0.3) is 6.01 Å². The second-order valence-electron chi connectivity index (χ2n) is 3.77. The molecule has 0 saturated heterocycles. The highest BCUT2D eigenvalue weighted by molar-refractivity contribution is 5.74. The lowest BCUT2D eigenvalue weighted by Crippen LogP contribution is -2.25. The van der Waals surface area contributed by atoms with Crippen molar-refractivity contribution in [1.82, 2.24) is 4.98 Å². The van der Waals surface area contributed by atoms with Crippen LogP contribution in [-0.2, 0) is 0 Å². The molecular formula is C13H12N4O. The number of rotatable bonds is 5. The summed E-state index contributed by atoms with van der Waals surface area (Å²) in [5.41, 5.74) is 1.50. The monoisotopic (exact) mass is 240 g/mol. The summed E-state index contributed by atoms with van der Waals surface area (Å²) in [4.78, 5) is 6.19. The van der Waals surface area contributed by atoms with Crippen LogP contribution < -0.4 is 4.90 Å². The zero-order chi connectivity index (χ0) is 12.8. The topological polar surface area (TPSA) is 76.8 Å². The Morgan fingerprint density at radius 1 is 1.11 bits per heavy atom. The van der Waals surface area contributed by atoms with Crippen molar-refractivity contribution in [2.24, 2.45) is 0 Å². The van der Waals surface area contributed by atoms with Gasteiger partial charge in [-0.3, -0.25) is 0 Å². The van der Waals surface area contributed by atoms with Crippen molar-refractivity contribution in [3.8, 4) is 12.1 Å². The van der Waals surface area contributed by atoms with E-state index < -0.39 is 0 Å². The first-order valence-corrected chi connectivity index (χ1v) is 5.69. The van der Waals surface area contributed by atoms with Gasteiger partial charge in [-0.2, -0.15) is 15.5 Å². The lowest BCUT2D eigenvalue weighted by molar-refractivity contribution is 0.568. The molecule has 0 radical (unpaired) electrons. The van der Waals surface area contributed by atoms with Gasteiger partial charge in [0.05, 0.1) is 25.0 Å². The van der Waals surface area contributed by atoms with E-state index in [2.05, 4.69) is 17.1 Å². The predicted octanol–water partition coefficient (Wildman–Crippen LogP) is 2.46. The number of benzene rings is 1. The van der Waals surface area contributed by atoms with E-state index >= 15 is 0 Å². The summed E-state index contributed by atoms with van der Waals surface area (Å²) in [6.45, 7) is 1.04. The maximum Gasteiger partial charge on any atom is 0.298 e. The molecule has 0 aliphatic rings. The van der Waals surface area contributed by atoms with Crippen LogP contribution in [0.3, 0.4) is 0 Å². The third-order valence-electron chi connectivity index (χ3n) is 2.54. The standard InChI is InChI=1S/C13H12N4O/c14-7-3-9-17(10-4-8-15)13-16-11-5-1-2-6-12(11)18-13/h1-2,5-6H,3-4,9-10H2. The molecule has 90 valence electrons. The zero-order valence-corrected chi connectivity index (χ0v) is 9.83. The van der Waals surface area contributed by atoms with Gasteiger partial charge in [-0.25, -0.2) is 0 Å². The average molecular weight is 240 g/mol. The molecule has 0 spiro atoms. The summed E-state index contributed by atoms with van der Waals surface area (Å²) in [5.74, 6) is 0. The van der Waals surface area contributed by atoms with Crippen LogP contribution in [0.1, 0.15) is 12.8 Å². The smallest absolute Gasteiger partial charge is 0.298 e. The Balaban J connectivity index is 2.23.